The van der Waals surface area contributed by atoms with E-state index in [1.165, 1.54) is 31.2 Å². The second-order valence-corrected chi connectivity index (χ2v) is 7.84. The zero-order valence-electron chi connectivity index (χ0n) is 15.0. The van der Waals surface area contributed by atoms with Crippen molar-refractivity contribution in [2.24, 2.45) is 0 Å². The fourth-order valence-electron chi connectivity index (χ4n) is 2.15. The minimum Gasteiger partial charge on any atom is -0.478 e. The van der Waals surface area contributed by atoms with Crippen LogP contribution in [0.5, 0.6) is 5.75 Å². The number of amides is 1. The van der Waals surface area contributed by atoms with E-state index in [9.17, 15) is 22.0 Å². The summed E-state index contributed by atoms with van der Waals surface area (Å²) >= 11 is 0. The van der Waals surface area contributed by atoms with Gasteiger partial charge in [-0.25, -0.2) is 21.9 Å². The Bertz CT molecular complexity index is 915. The maximum atomic E-state index is 13.6. The van der Waals surface area contributed by atoms with Crippen LogP contribution >= 0.6 is 0 Å². The Morgan fingerprint density at radius 1 is 1.04 bits per heavy atom. The zero-order valence-corrected chi connectivity index (χ0v) is 15.8. The molecule has 0 radical (unpaired) electrons. The molecule has 2 N–H and O–H groups in total. The summed E-state index contributed by atoms with van der Waals surface area (Å²) in [6.45, 7) is 4.82. The maximum Gasteiger partial charge on any atom is 0.265 e. The molecule has 2 rings (SSSR count). The van der Waals surface area contributed by atoms with Crippen LogP contribution in [-0.4, -0.2) is 26.5 Å². The summed E-state index contributed by atoms with van der Waals surface area (Å²) in [5.41, 5.74) is 0.346. The highest BCUT2D eigenvalue weighted by Crippen LogP contribution is 2.20. The molecular weight excluding hydrogens is 378 g/mol. The average molecular weight is 398 g/mol. The van der Waals surface area contributed by atoms with Crippen LogP contribution < -0.4 is 14.8 Å². The molecule has 0 aliphatic rings. The van der Waals surface area contributed by atoms with E-state index in [4.69, 9.17) is 4.74 Å². The van der Waals surface area contributed by atoms with Gasteiger partial charge in [-0.2, -0.15) is 0 Å². The molecule has 0 aliphatic carbocycles. The van der Waals surface area contributed by atoms with E-state index in [-0.39, 0.29) is 16.7 Å². The van der Waals surface area contributed by atoms with Crippen LogP contribution in [0.2, 0.25) is 0 Å². The predicted octanol–water partition coefficient (Wildman–Crippen LogP) is 3.06. The highest BCUT2D eigenvalue weighted by Gasteiger charge is 2.18. The Labute approximate surface area is 156 Å². The molecule has 0 saturated heterocycles. The lowest BCUT2D eigenvalue weighted by atomic mass is 10.3. The number of nitrogens with one attached hydrogen (secondary N) is 2. The first-order valence-corrected chi connectivity index (χ1v) is 9.62. The van der Waals surface area contributed by atoms with Gasteiger partial charge in [0, 0.05) is 17.8 Å². The quantitative estimate of drug-likeness (QED) is 0.751. The summed E-state index contributed by atoms with van der Waals surface area (Å²) in [5.74, 6) is -2.49. The highest BCUT2D eigenvalue weighted by molar-refractivity contribution is 7.89. The summed E-state index contributed by atoms with van der Waals surface area (Å²) in [5, 5.41) is 2.54. The van der Waals surface area contributed by atoms with Crippen LogP contribution in [0.1, 0.15) is 20.8 Å². The summed E-state index contributed by atoms with van der Waals surface area (Å²) in [7, 11) is -3.63. The van der Waals surface area contributed by atoms with Gasteiger partial charge in [0.05, 0.1) is 4.90 Å². The van der Waals surface area contributed by atoms with Crippen molar-refractivity contribution in [2.75, 3.05) is 5.32 Å². The van der Waals surface area contributed by atoms with Crippen LogP contribution in [0.25, 0.3) is 0 Å². The first kappa shape index (κ1) is 20.8. The van der Waals surface area contributed by atoms with Crippen LogP contribution in [0.3, 0.4) is 0 Å². The molecule has 27 heavy (non-hydrogen) atoms. The molecule has 0 saturated carbocycles. The van der Waals surface area contributed by atoms with Gasteiger partial charge < -0.3 is 10.1 Å². The Balaban J connectivity index is 2.02. The highest BCUT2D eigenvalue weighted by atomic mass is 32.2. The molecule has 1 atom stereocenters. The molecule has 0 bridgehead atoms. The summed E-state index contributed by atoms with van der Waals surface area (Å²) < 4.78 is 58.3. The summed E-state index contributed by atoms with van der Waals surface area (Å²) in [6.07, 6.45) is -1.06. The van der Waals surface area contributed by atoms with Gasteiger partial charge in [-0.1, -0.05) is 0 Å². The van der Waals surface area contributed by atoms with Gasteiger partial charge in [-0.3, -0.25) is 4.79 Å². The van der Waals surface area contributed by atoms with Crippen molar-refractivity contribution in [3.8, 4) is 5.75 Å². The van der Waals surface area contributed by atoms with Crippen LogP contribution in [-0.2, 0) is 14.8 Å². The van der Waals surface area contributed by atoms with E-state index in [1.807, 2.05) is 0 Å². The van der Waals surface area contributed by atoms with Crippen molar-refractivity contribution in [2.45, 2.75) is 37.8 Å². The SMILES string of the molecule is CC(C)NS(=O)(=O)c1ccc(NC(=O)C(C)Oc2ccc(F)cc2F)cc1. The van der Waals surface area contributed by atoms with Crippen molar-refractivity contribution in [3.05, 3.63) is 54.1 Å². The Morgan fingerprint density at radius 2 is 1.67 bits per heavy atom. The monoisotopic (exact) mass is 398 g/mol. The van der Waals surface area contributed by atoms with Crippen LogP contribution in [0.4, 0.5) is 14.5 Å². The number of carbonyl (C=O) groups is 1. The van der Waals surface area contributed by atoms with E-state index in [1.54, 1.807) is 13.8 Å². The molecular formula is C18H20F2N2O4S. The third-order valence-electron chi connectivity index (χ3n) is 3.39. The van der Waals surface area contributed by atoms with Crippen molar-refractivity contribution >= 4 is 21.6 Å². The molecule has 146 valence electrons. The van der Waals surface area contributed by atoms with E-state index >= 15 is 0 Å². The van der Waals surface area contributed by atoms with Gasteiger partial charge in [0.25, 0.3) is 5.91 Å². The Kier molecular flexibility index (Phi) is 6.50. The number of benzene rings is 2. The van der Waals surface area contributed by atoms with Gasteiger partial charge in [-0.05, 0) is 57.2 Å². The molecule has 1 amide bonds. The fourth-order valence-corrected chi connectivity index (χ4v) is 3.41. The lowest BCUT2D eigenvalue weighted by Crippen LogP contribution is -2.31. The third kappa shape index (κ3) is 5.73. The smallest absolute Gasteiger partial charge is 0.265 e. The first-order chi connectivity index (χ1) is 12.6. The molecule has 0 heterocycles. The van der Waals surface area contributed by atoms with Gasteiger partial charge in [0.1, 0.15) is 5.82 Å². The van der Waals surface area contributed by atoms with Crippen LogP contribution in [0.15, 0.2) is 47.4 Å². The normalized spacial score (nSPS) is 12.7. The fraction of sp³-hybridized carbons (Fsp3) is 0.278. The number of hydrogen-bond acceptors (Lipinski definition) is 4. The number of ether oxygens (including phenoxy) is 1. The average Bonchev–Trinajstić information content (AvgIpc) is 2.56. The molecule has 6 nitrogen and oxygen atoms in total. The second-order valence-electron chi connectivity index (χ2n) is 6.12. The van der Waals surface area contributed by atoms with E-state index < -0.39 is 33.7 Å². The molecule has 1 unspecified atom stereocenters. The van der Waals surface area contributed by atoms with Crippen molar-refractivity contribution < 1.29 is 26.7 Å². The number of anilines is 1. The zero-order chi connectivity index (χ0) is 20.2. The lowest BCUT2D eigenvalue weighted by Gasteiger charge is -2.15. The first-order valence-electron chi connectivity index (χ1n) is 8.13. The number of sulfonamides is 1. The van der Waals surface area contributed by atoms with Gasteiger partial charge in [0.15, 0.2) is 17.7 Å². The molecule has 0 aromatic heterocycles. The molecule has 9 heteroatoms. The Hall–Kier alpha value is -2.52. The standard InChI is InChI=1S/C18H20F2N2O4S/c1-11(2)22-27(24,25)15-7-5-14(6-8-15)21-18(23)12(3)26-17-9-4-13(19)10-16(17)20/h4-12,22H,1-3H3,(H,21,23). The molecule has 2 aromatic carbocycles. The van der Waals surface area contributed by atoms with Gasteiger partial charge in [0.2, 0.25) is 10.0 Å². The van der Waals surface area contributed by atoms with E-state index in [0.717, 1.165) is 12.1 Å². The van der Waals surface area contributed by atoms with Crippen molar-refractivity contribution in [1.29, 1.82) is 0 Å². The maximum absolute atomic E-state index is 13.6. The number of rotatable bonds is 7. The van der Waals surface area contributed by atoms with Crippen molar-refractivity contribution in [3.63, 3.8) is 0 Å². The second kappa shape index (κ2) is 8.45. The molecule has 2 aromatic rings. The minimum atomic E-state index is -3.63. The largest absolute Gasteiger partial charge is 0.478 e. The third-order valence-corrected chi connectivity index (χ3v) is 5.06. The van der Waals surface area contributed by atoms with E-state index in [0.29, 0.717) is 11.8 Å². The number of carbonyl (C=O) groups excluding carboxylic acids is 1. The van der Waals surface area contributed by atoms with Gasteiger partial charge >= 0.3 is 0 Å². The van der Waals surface area contributed by atoms with Gasteiger partial charge in [-0.15, -0.1) is 0 Å². The summed E-state index contributed by atoms with van der Waals surface area (Å²) in [6, 6.07) is 8.08. The number of halogens is 2. The molecule has 0 spiro atoms. The Morgan fingerprint density at radius 3 is 2.22 bits per heavy atom. The summed E-state index contributed by atoms with van der Waals surface area (Å²) in [4.78, 5) is 12.2. The van der Waals surface area contributed by atoms with Crippen LogP contribution in [0, 0.1) is 11.6 Å². The van der Waals surface area contributed by atoms with Crippen molar-refractivity contribution in [1.82, 2.24) is 4.72 Å². The number of hydrogen-bond donors (Lipinski definition) is 2. The molecule has 0 aliphatic heterocycles. The minimum absolute atomic E-state index is 0.0619. The predicted molar refractivity (Wildman–Crippen MR) is 97.0 cm³/mol. The van der Waals surface area contributed by atoms with E-state index in [2.05, 4.69) is 10.0 Å². The topological polar surface area (TPSA) is 84.5 Å². The molecule has 0 fully saturated rings. The lowest BCUT2D eigenvalue weighted by molar-refractivity contribution is -0.122.